The molecule has 0 saturated heterocycles. The van der Waals surface area contributed by atoms with E-state index in [1.807, 2.05) is 43.3 Å². The van der Waals surface area contributed by atoms with Crippen LogP contribution in [0.25, 0.3) is 0 Å². The molecule has 0 aliphatic heterocycles. The highest BCUT2D eigenvalue weighted by molar-refractivity contribution is 9.10. The second kappa shape index (κ2) is 5.76. The zero-order valence-corrected chi connectivity index (χ0v) is 12.2. The summed E-state index contributed by atoms with van der Waals surface area (Å²) >= 11 is 10.9. The molecule has 0 aliphatic rings. The molecule has 0 saturated carbocycles. The zero-order chi connectivity index (χ0) is 12.3. The van der Waals surface area contributed by atoms with Crippen molar-refractivity contribution in [3.8, 4) is 0 Å². The average Bonchev–Trinajstić information content (AvgIpc) is 2.32. The quantitative estimate of drug-likeness (QED) is 0.809. The molecule has 1 heterocycles. The molecular formula is C12H10BrClN2S. The van der Waals surface area contributed by atoms with Gasteiger partial charge in [0, 0.05) is 9.37 Å². The minimum atomic E-state index is 0.735. The third kappa shape index (κ3) is 3.37. The summed E-state index contributed by atoms with van der Waals surface area (Å²) in [5, 5.41) is 0.735. The van der Waals surface area contributed by atoms with Gasteiger partial charge in [-0.2, -0.15) is 0 Å². The molecule has 17 heavy (non-hydrogen) atoms. The highest BCUT2D eigenvalue weighted by atomic mass is 79.9. The van der Waals surface area contributed by atoms with E-state index in [9.17, 15) is 0 Å². The van der Waals surface area contributed by atoms with Crippen LogP contribution in [0.4, 0.5) is 5.82 Å². The highest BCUT2D eigenvalue weighted by Gasteiger charge is 2.02. The first-order valence-corrected chi connectivity index (χ1v) is 6.96. The Bertz CT molecular complexity index is 534. The smallest absolute Gasteiger partial charge is 0.136 e. The first-order valence-electron chi connectivity index (χ1n) is 4.97. The summed E-state index contributed by atoms with van der Waals surface area (Å²) in [4.78, 5) is 5.38. The van der Waals surface area contributed by atoms with Gasteiger partial charge in [-0.3, -0.25) is 0 Å². The number of aromatic nitrogens is 1. The number of pyridine rings is 1. The van der Waals surface area contributed by atoms with Crippen LogP contribution in [0.15, 0.2) is 45.8 Å². The van der Waals surface area contributed by atoms with E-state index in [2.05, 4.69) is 25.6 Å². The van der Waals surface area contributed by atoms with Gasteiger partial charge < -0.3 is 4.72 Å². The van der Waals surface area contributed by atoms with Gasteiger partial charge in [-0.25, -0.2) is 4.98 Å². The summed E-state index contributed by atoms with van der Waals surface area (Å²) in [6.45, 7) is 1.95. The van der Waals surface area contributed by atoms with Crippen molar-refractivity contribution < 1.29 is 0 Å². The van der Waals surface area contributed by atoms with E-state index in [0.29, 0.717) is 0 Å². The van der Waals surface area contributed by atoms with Gasteiger partial charge in [0.15, 0.2) is 0 Å². The summed E-state index contributed by atoms with van der Waals surface area (Å²) in [5.74, 6) is 0.815. The van der Waals surface area contributed by atoms with Crippen molar-refractivity contribution in [3.05, 3.63) is 51.6 Å². The van der Waals surface area contributed by atoms with Gasteiger partial charge >= 0.3 is 0 Å². The van der Waals surface area contributed by atoms with Crippen LogP contribution < -0.4 is 4.72 Å². The molecule has 2 nitrogen and oxygen atoms in total. The maximum atomic E-state index is 6.06. The van der Waals surface area contributed by atoms with Crippen molar-refractivity contribution in [1.29, 1.82) is 0 Å². The number of halogens is 2. The van der Waals surface area contributed by atoms with E-state index < -0.39 is 0 Å². The van der Waals surface area contributed by atoms with E-state index in [0.717, 1.165) is 25.9 Å². The molecule has 0 radical (unpaired) electrons. The number of nitrogens with one attached hydrogen (secondary N) is 1. The number of rotatable bonds is 3. The molecule has 0 bridgehead atoms. The van der Waals surface area contributed by atoms with E-state index in [1.54, 1.807) is 0 Å². The Labute approximate surface area is 118 Å². The molecule has 2 rings (SSSR count). The number of hydrogen-bond donors (Lipinski definition) is 1. The third-order valence-corrected chi connectivity index (χ3v) is 4.29. The molecule has 1 aromatic heterocycles. The molecule has 88 valence electrons. The Morgan fingerprint density at radius 1 is 1.24 bits per heavy atom. The van der Waals surface area contributed by atoms with Crippen molar-refractivity contribution in [2.45, 2.75) is 11.8 Å². The molecule has 5 heteroatoms. The van der Waals surface area contributed by atoms with E-state index in [-0.39, 0.29) is 0 Å². The molecule has 0 fully saturated rings. The molecule has 1 aromatic carbocycles. The van der Waals surface area contributed by atoms with Crippen LogP contribution in [-0.4, -0.2) is 4.98 Å². The predicted octanol–water partition coefficient (Wildman–Crippen LogP) is 4.93. The minimum Gasteiger partial charge on any atom is -0.310 e. The van der Waals surface area contributed by atoms with Gasteiger partial charge in [0.05, 0.1) is 10.7 Å². The number of nitrogens with zero attached hydrogens (tertiary/aromatic N) is 1. The fourth-order valence-corrected chi connectivity index (χ4v) is 2.35. The molecule has 0 aliphatic carbocycles. The van der Waals surface area contributed by atoms with Crippen LogP contribution in [0, 0.1) is 6.92 Å². The topological polar surface area (TPSA) is 24.9 Å². The van der Waals surface area contributed by atoms with Crippen molar-refractivity contribution >= 4 is 45.3 Å². The van der Waals surface area contributed by atoms with Gasteiger partial charge in [0.25, 0.3) is 0 Å². The van der Waals surface area contributed by atoms with Crippen LogP contribution in [0.3, 0.4) is 0 Å². The van der Waals surface area contributed by atoms with Crippen molar-refractivity contribution in [3.63, 3.8) is 0 Å². The summed E-state index contributed by atoms with van der Waals surface area (Å²) in [6, 6.07) is 11.6. The lowest BCUT2D eigenvalue weighted by Crippen LogP contribution is -1.92. The van der Waals surface area contributed by atoms with Crippen LogP contribution >= 0.6 is 39.5 Å². The fourth-order valence-electron chi connectivity index (χ4n) is 1.24. The van der Waals surface area contributed by atoms with Gasteiger partial charge in [-0.05, 0) is 59.1 Å². The fraction of sp³-hybridized carbons (Fsp3) is 0.0833. The summed E-state index contributed by atoms with van der Waals surface area (Å²) in [6.07, 6.45) is 0. The van der Waals surface area contributed by atoms with Crippen molar-refractivity contribution in [2.24, 2.45) is 0 Å². The molecule has 0 spiro atoms. The Morgan fingerprint density at radius 2 is 2.00 bits per heavy atom. The maximum Gasteiger partial charge on any atom is 0.136 e. The Kier molecular flexibility index (Phi) is 4.31. The van der Waals surface area contributed by atoms with Crippen LogP contribution in [0.2, 0.25) is 5.02 Å². The van der Waals surface area contributed by atoms with Gasteiger partial charge in [-0.1, -0.05) is 23.7 Å². The van der Waals surface area contributed by atoms with E-state index in [1.165, 1.54) is 11.9 Å². The predicted molar refractivity (Wildman–Crippen MR) is 77.6 cm³/mol. The second-order valence-corrected chi connectivity index (χ2v) is 5.51. The highest BCUT2D eigenvalue weighted by Crippen LogP contribution is 2.27. The van der Waals surface area contributed by atoms with Crippen LogP contribution in [-0.2, 0) is 0 Å². The zero-order valence-electron chi connectivity index (χ0n) is 9.08. The van der Waals surface area contributed by atoms with Crippen LogP contribution in [0.1, 0.15) is 5.69 Å². The lowest BCUT2D eigenvalue weighted by atomic mass is 10.4. The molecule has 1 N–H and O–H groups in total. The van der Waals surface area contributed by atoms with E-state index >= 15 is 0 Å². The molecule has 2 aromatic rings. The van der Waals surface area contributed by atoms with Gasteiger partial charge in [-0.15, -0.1) is 0 Å². The average molecular weight is 330 g/mol. The van der Waals surface area contributed by atoms with Crippen molar-refractivity contribution in [2.75, 3.05) is 4.72 Å². The largest absolute Gasteiger partial charge is 0.310 e. The second-order valence-electron chi connectivity index (χ2n) is 3.40. The normalized spacial score (nSPS) is 10.3. The summed E-state index contributed by atoms with van der Waals surface area (Å²) in [5.41, 5.74) is 0.953. The maximum absolute atomic E-state index is 6.06. The third-order valence-electron chi connectivity index (χ3n) is 2.12. The molecule has 0 unspecified atom stereocenters. The van der Waals surface area contributed by atoms with Crippen molar-refractivity contribution in [1.82, 2.24) is 4.98 Å². The van der Waals surface area contributed by atoms with E-state index in [4.69, 9.17) is 11.6 Å². The van der Waals surface area contributed by atoms with Gasteiger partial charge in [0.2, 0.25) is 0 Å². The minimum absolute atomic E-state index is 0.735. The number of hydrogen-bond acceptors (Lipinski definition) is 3. The van der Waals surface area contributed by atoms with Gasteiger partial charge in [0.1, 0.15) is 5.82 Å². The van der Waals surface area contributed by atoms with Crippen LogP contribution in [0.5, 0.6) is 0 Å². The monoisotopic (exact) mass is 328 g/mol. The Balaban J connectivity index is 2.08. The number of benzene rings is 1. The molecular weight excluding hydrogens is 320 g/mol. The number of anilines is 1. The molecule has 0 atom stereocenters. The number of aryl methyl sites for hydroxylation is 1. The lowest BCUT2D eigenvalue weighted by molar-refractivity contribution is 1.19. The first kappa shape index (κ1) is 12.7. The SMILES string of the molecule is Cc1nc(NSc2ccccc2Cl)ccc1Br. The standard InChI is InChI=1S/C12H10BrClN2S/c1-8-9(13)6-7-12(15-8)16-17-11-5-3-2-4-10(11)14/h2-7H,1H3,(H,15,16). The summed E-state index contributed by atoms with van der Waals surface area (Å²) < 4.78 is 4.18. The summed E-state index contributed by atoms with van der Waals surface area (Å²) in [7, 11) is 0. The molecule has 0 amide bonds. The Hall–Kier alpha value is -0.710. The first-order chi connectivity index (χ1) is 8.16. The lowest BCUT2D eigenvalue weighted by Gasteiger charge is -2.07. The Morgan fingerprint density at radius 3 is 2.71 bits per heavy atom.